The predicted octanol–water partition coefficient (Wildman–Crippen LogP) is 0.664. The molecule has 0 radical (unpaired) electrons. The summed E-state index contributed by atoms with van der Waals surface area (Å²) < 4.78 is 31.9. The van der Waals surface area contributed by atoms with Gasteiger partial charge < -0.3 is 9.84 Å². The Labute approximate surface area is 113 Å². The first-order valence-corrected chi connectivity index (χ1v) is 8.10. The molecule has 1 N–H and O–H groups in total. The van der Waals surface area contributed by atoms with Gasteiger partial charge in [-0.3, -0.25) is 0 Å². The van der Waals surface area contributed by atoms with Crippen LogP contribution in [-0.2, 0) is 10.0 Å². The van der Waals surface area contributed by atoms with Crippen molar-refractivity contribution in [2.45, 2.75) is 37.6 Å². The van der Waals surface area contributed by atoms with E-state index in [2.05, 4.69) is 10.5 Å². The molecule has 3 rings (SSSR count). The third-order valence-corrected chi connectivity index (χ3v) is 6.21. The van der Waals surface area contributed by atoms with E-state index in [1.54, 1.807) is 18.2 Å². The summed E-state index contributed by atoms with van der Waals surface area (Å²) in [6.07, 6.45) is 2.23. The zero-order chi connectivity index (χ0) is 13.6. The number of fused-ring (bicyclic) bond motifs is 1. The standard InChI is InChI=1S/C12H19N3O3S/c1-8-12(9(2)18-14-8)19(16,17)15-6-10-4-3-5-13-11(10)7-15/h10-11,13H,3-7H2,1-2H3. The summed E-state index contributed by atoms with van der Waals surface area (Å²) in [5, 5.41) is 7.16. The second-order valence-corrected chi connectivity index (χ2v) is 7.31. The molecule has 2 aliphatic heterocycles. The number of rotatable bonds is 2. The third-order valence-electron chi connectivity index (χ3n) is 4.13. The fourth-order valence-electron chi connectivity index (χ4n) is 3.18. The molecule has 2 fully saturated rings. The van der Waals surface area contributed by atoms with E-state index in [0.717, 1.165) is 19.4 Å². The van der Waals surface area contributed by atoms with Crippen molar-refractivity contribution in [1.82, 2.24) is 14.8 Å². The van der Waals surface area contributed by atoms with Crippen LogP contribution in [-0.4, -0.2) is 43.6 Å². The van der Waals surface area contributed by atoms with Gasteiger partial charge in [-0.1, -0.05) is 5.16 Å². The molecule has 1 aromatic rings. The molecule has 0 aromatic carbocycles. The maximum absolute atomic E-state index is 12.7. The van der Waals surface area contributed by atoms with Gasteiger partial charge in [-0.15, -0.1) is 0 Å². The highest BCUT2D eigenvalue weighted by atomic mass is 32.2. The number of piperidine rings is 1. The summed E-state index contributed by atoms with van der Waals surface area (Å²) >= 11 is 0. The molecule has 7 heteroatoms. The maximum atomic E-state index is 12.7. The molecule has 2 atom stereocenters. The van der Waals surface area contributed by atoms with Crippen LogP contribution in [0.15, 0.2) is 9.42 Å². The van der Waals surface area contributed by atoms with Crippen LogP contribution >= 0.6 is 0 Å². The van der Waals surface area contributed by atoms with Crippen LogP contribution in [0.3, 0.4) is 0 Å². The molecule has 2 saturated heterocycles. The van der Waals surface area contributed by atoms with Crippen LogP contribution in [0.5, 0.6) is 0 Å². The van der Waals surface area contributed by atoms with E-state index in [-0.39, 0.29) is 4.90 Å². The normalized spacial score (nSPS) is 28.5. The van der Waals surface area contributed by atoms with Crippen LogP contribution in [0.4, 0.5) is 0 Å². The number of hydrogen-bond acceptors (Lipinski definition) is 5. The average molecular weight is 285 g/mol. The SMILES string of the molecule is Cc1noc(C)c1S(=O)(=O)N1CC2CCCNC2C1. The van der Waals surface area contributed by atoms with E-state index in [4.69, 9.17) is 4.52 Å². The van der Waals surface area contributed by atoms with Gasteiger partial charge in [-0.2, -0.15) is 4.31 Å². The van der Waals surface area contributed by atoms with Crippen molar-refractivity contribution in [3.63, 3.8) is 0 Å². The summed E-state index contributed by atoms with van der Waals surface area (Å²) in [6, 6.07) is 0.295. The average Bonchev–Trinajstić information content (AvgIpc) is 2.93. The summed E-state index contributed by atoms with van der Waals surface area (Å²) in [5.74, 6) is 0.810. The highest BCUT2D eigenvalue weighted by molar-refractivity contribution is 7.89. The molecule has 0 bridgehead atoms. The number of nitrogens with zero attached hydrogens (tertiary/aromatic N) is 2. The van der Waals surface area contributed by atoms with Crippen LogP contribution in [0.25, 0.3) is 0 Å². The molecule has 2 unspecified atom stereocenters. The Hall–Kier alpha value is -0.920. The van der Waals surface area contributed by atoms with Crippen LogP contribution in [0, 0.1) is 19.8 Å². The second kappa shape index (κ2) is 4.57. The number of hydrogen-bond donors (Lipinski definition) is 1. The van der Waals surface area contributed by atoms with Crippen molar-refractivity contribution in [2.24, 2.45) is 5.92 Å². The number of nitrogens with one attached hydrogen (secondary N) is 1. The molecule has 2 aliphatic rings. The fourth-order valence-corrected chi connectivity index (χ4v) is 4.99. The van der Waals surface area contributed by atoms with Crippen LogP contribution in [0.1, 0.15) is 24.3 Å². The molecule has 19 heavy (non-hydrogen) atoms. The van der Waals surface area contributed by atoms with Crippen molar-refractivity contribution < 1.29 is 12.9 Å². The van der Waals surface area contributed by atoms with Crippen LogP contribution < -0.4 is 5.32 Å². The Morgan fingerprint density at radius 3 is 2.79 bits per heavy atom. The maximum Gasteiger partial charge on any atom is 0.248 e. The molecule has 0 amide bonds. The Morgan fingerprint density at radius 2 is 2.16 bits per heavy atom. The van der Waals surface area contributed by atoms with Gasteiger partial charge in [0.2, 0.25) is 10.0 Å². The van der Waals surface area contributed by atoms with Crippen molar-refractivity contribution >= 4 is 10.0 Å². The lowest BCUT2D eigenvalue weighted by molar-refractivity contribution is 0.339. The van der Waals surface area contributed by atoms with Crippen molar-refractivity contribution in [1.29, 1.82) is 0 Å². The van der Waals surface area contributed by atoms with Crippen LogP contribution in [0.2, 0.25) is 0 Å². The van der Waals surface area contributed by atoms with E-state index in [1.807, 2.05) is 0 Å². The van der Waals surface area contributed by atoms with Gasteiger partial charge >= 0.3 is 0 Å². The van der Waals surface area contributed by atoms with Gasteiger partial charge in [-0.25, -0.2) is 8.42 Å². The van der Waals surface area contributed by atoms with Crippen molar-refractivity contribution in [3.8, 4) is 0 Å². The lowest BCUT2D eigenvalue weighted by Gasteiger charge is -2.24. The molecule has 0 saturated carbocycles. The largest absolute Gasteiger partial charge is 0.360 e. The Balaban J connectivity index is 1.90. The first-order valence-electron chi connectivity index (χ1n) is 6.66. The van der Waals surface area contributed by atoms with E-state index >= 15 is 0 Å². The molecule has 6 nitrogen and oxygen atoms in total. The zero-order valence-corrected chi connectivity index (χ0v) is 12.0. The quantitative estimate of drug-likeness (QED) is 0.864. The van der Waals surface area contributed by atoms with E-state index in [0.29, 0.717) is 36.5 Å². The molecular formula is C12H19N3O3S. The first-order chi connectivity index (χ1) is 9.00. The number of aryl methyl sites for hydroxylation is 2. The van der Waals surface area contributed by atoms with Gasteiger partial charge in [0.25, 0.3) is 0 Å². The summed E-state index contributed by atoms with van der Waals surface area (Å²) in [7, 11) is -3.48. The molecule has 0 aliphatic carbocycles. The predicted molar refractivity (Wildman–Crippen MR) is 69.3 cm³/mol. The highest BCUT2D eigenvalue weighted by Crippen LogP contribution is 2.31. The molecule has 3 heterocycles. The number of aromatic nitrogens is 1. The summed E-state index contributed by atoms with van der Waals surface area (Å²) in [6.45, 7) is 5.46. The highest BCUT2D eigenvalue weighted by Gasteiger charge is 2.41. The Bertz CT molecular complexity index is 548. The molecule has 106 valence electrons. The molecule has 1 aromatic heterocycles. The lowest BCUT2D eigenvalue weighted by atomic mass is 9.94. The minimum atomic E-state index is -3.48. The van der Waals surface area contributed by atoms with E-state index < -0.39 is 10.0 Å². The van der Waals surface area contributed by atoms with Crippen molar-refractivity contribution in [3.05, 3.63) is 11.5 Å². The Morgan fingerprint density at radius 1 is 1.37 bits per heavy atom. The van der Waals surface area contributed by atoms with Gasteiger partial charge in [0.1, 0.15) is 10.6 Å². The minimum absolute atomic E-state index is 0.242. The first kappa shape index (κ1) is 13.1. The summed E-state index contributed by atoms with van der Waals surface area (Å²) in [5.41, 5.74) is 0.445. The smallest absolute Gasteiger partial charge is 0.248 e. The second-order valence-electron chi connectivity index (χ2n) is 5.44. The third kappa shape index (κ3) is 2.09. The van der Waals surface area contributed by atoms with E-state index in [9.17, 15) is 8.42 Å². The lowest BCUT2D eigenvalue weighted by Crippen LogP contribution is -2.41. The summed E-state index contributed by atoms with van der Waals surface area (Å²) in [4.78, 5) is 0.242. The molecular weight excluding hydrogens is 266 g/mol. The van der Waals surface area contributed by atoms with Gasteiger partial charge in [0.15, 0.2) is 5.76 Å². The fraction of sp³-hybridized carbons (Fsp3) is 0.750. The van der Waals surface area contributed by atoms with Gasteiger partial charge in [0, 0.05) is 19.1 Å². The monoisotopic (exact) mass is 285 g/mol. The molecule has 0 spiro atoms. The van der Waals surface area contributed by atoms with Gasteiger partial charge in [0.05, 0.1) is 0 Å². The van der Waals surface area contributed by atoms with Crippen molar-refractivity contribution in [2.75, 3.05) is 19.6 Å². The number of sulfonamides is 1. The zero-order valence-electron chi connectivity index (χ0n) is 11.2. The Kier molecular flexibility index (Phi) is 3.15. The van der Waals surface area contributed by atoms with Gasteiger partial charge in [-0.05, 0) is 39.2 Å². The minimum Gasteiger partial charge on any atom is -0.360 e. The van der Waals surface area contributed by atoms with E-state index in [1.165, 1.54) is 0 Å². The topological polar surface area (TPSA) is 75.4 Å².